The molecule has 0 aliphatic carbocycles. The number of thioether (sulfide) groups is 1. The largest absolute Gasteiger partial charge is 0.325 e. The number of aromatic nitrogens is 2. The normalized spacial score (nSPS) is 15.1. The highest BCUT2D eigenvalue weighted by atomic mass is 32.2. The molecule has 2 aromatic carbocycles. The van der Waals surface area contributed by atoms with Gasteiger partial charge in [0.15, 0.2) is 5.16 Å². The Bertz CT molecular complexity index is 1250. The van der Waals surface area contributed by atoms with Gasteiger partial charge in [-0.1, -0.05) is 43.3 Å². The van der Waals surface area contributed by atoms with E-state index in [0.717, 1.165) is 42.5 Å². The molecule has 0 bridgehead atoms. The molecule has 1 aliphatic heterocycles. The molecular formula is C24H30N4O3S2. The topological polar surface area (TPSA) is 84.3 Å². The molecule has 3 aromatic rings. The molecule has 2 heterocycles. The maximum Gasteiger partial charge on any atom is 0.243 e. The molecule has 0 atom stereocenters. The SMILES string of the molecule is CCc1ccccc1NC(=O)CSc1nc2cc(S(=O)(=O)N3CCCCC3)ccc2n1CC. The van der Waals surface area contributed by atoms with Gasteiger partial charge < -0.3 is 9.88 Å². The van der Waals surface area contributed by atoms with Crippen molar-refractivity contribution in [2.45, 2.75) is 56.1 Å². The zero-order valence-corrected chi connectivity index (χ0v) is 20.7. The Morgan fingerprint density at radius 3 is 2.58 bits per heavy atom. The molecule has 7 nitrogen and oxygen atoms in total. The molecule has 9 heteroatoms. The molecule has 176 valence electrons. The number of nitrogens with one attached hydrogen (secondary N) is 1. The minimum absolute atomic E-state index is 0.0935. The van der Waals surface area contributed by atoms with E-state index in [2.05, 4.69) is 17.2 Å². The van der Waals surface area contributed by atoms with Gasteiger partial charge in [-0.05, 0) is 56.0 Å². The van der Waals surface area contributed by atoms with E-state index in [1.54, 1.807) is 16.4 Å². The molecular weight excluding hydrogens is 456 g/mol. The first kappa shape index (κ1) is 23.8. The first-order valence-corrected chi connectivity index (χ1v) is 13.9. The zero-order chi connectivity index (χ0) is 23.4. The molecule has 1 N–H and O–H groups in total. The average Bonchev–Trinajstić information content (AvgIpc) is 3.20. The highest BCUT2D eigenvalue weighted by Gasteiger charge is 2.26. The number of carbonyl (C=O) groups excluding carboxylic acids is 1. The lowest BCUT2D eigenvalue weighted by molar-refractivity contribution is -0.113. The summed E-state index contributed by atoms with van der Waals surface area (Å²) in [5.41, 5.74) is 3.43. The second kappa shape index (κ2) is 10.3. The standard InChI is InChI=1S/C24H30N4O3S2/c1-3-18-10-6-7-11-20(18)25-23(29)17-32-24-26-21-16-19(12-13-22(21)28(24)4-2)33(30,31)27-14-8-5-9-15-27/h6-7,10-13,16H,3-5,8-9,14-15,17H2,1-2H3,(H,25,29). The molecule has 1 aliphatic rings. The number of anilines is 1. The van der Waals surface area contributed by atoms with Gasteiger partial charge in [0, 0.05) is 25.3 Å². The van der Waals surface area contributed by atoms with Gasteiger partial charge in [0.2, 0.25) is 15.9 Å². The summed E-state index contributed by atoms with van der Waals surface area (Å²) in [4.78, 5) is 17.5. The van der Waals surface area contributed by atoms with Crippen LogP contribution in [0.25, 0.3) is 11.0 Å². The molecule has 4 rings (SSSR count). The number of benzene rings is 2. The van der Waals surface area contributed by atoms with Gasteiger partial charge in [-0.15, -0.1) is 0 Å². The van der Waals surface area contributed by atoms with Crippen LogP contribution in [0, 0.1) is 0 Å². The summed E-state index contributed by atoms with van der Waals surface area (Å²) in [5.74, 6) is 0.129. The quantitative estimate of drug-likeness (QED) is 0.473. The van der Waals surface area contributed by atoms with Gasteiger partial charge in [0.25, 0.3) is 0 Å². The van der Waals surface area contributed by atoms with Crippen LogP contribution in [0.4, 0.5) is 5.69 Å². The Balaban J connectivity index is 1.52. The monoisotopic (exact) mass is 486 g/mol. The lowest BCUT2D eigenvalue weighted by Gasteiger charge is -2.25. The van der Waals surface area contributed by atoms with E-state index in [9.17, 15) is 13.2 Å². The van der Waals surface area contributed by atoms with Gasteiger partial charge >= 0.3 is 0 Å². The maximum absolute atomic E-state index is 13.1. The van der Waals surface area contributed by atoms with Crippen LogP contribution >= 0.6 is 11.8 Å². The molecule has 33 heavy (non-hydrogen) atoms. The van der Waals surface area contributed by atoms with E-state index in [1.165, 1.54) is 11.8 Å². The smallest absolute Gasteiger partial charge is 0.243 e. The number of fused-ring (bicyclic) bond motifs is 1. The van der Waals surface area contributed by atoms with E-state index in [1.807, 2.05) is 41.8 Å². The van der Waals surface area contributed by atoms with Crippen molar-refractivity contribution >= 4 is 44.4 Å². The van der Waals surface area contributed by atoms with Gasteiger partial charge in [-0.3, -0.25) is 4.79 Å². The molecule has 0 unspecified atom stereocenters. The van der Waals surface area contributed by atoms with Crippen LogP contribution < -0.4 is 5.32 Å². The summed E-state index contributed by atoms with van der Waals surface area (Å²) in [6.45, 7) is 5.89. The fourth-order valence-electron chi connectivity index (χ4n) is 4.18. The van der Waals surface area contributed by atoms with E-state index in [4.69, 9.17) is 0 Å². The minimum Gasteiger partial charge on any atom is -0.325 e. The van der Waals surface area contributed by atoms with Crippen molar-refractivity contribution in [3.8, 4) is 0 Å². The fourth-order valence-corrected chi connectivity index (χ4v) is 6.60. The van der Waals surface area contributed by atoms with Crippen LogP contribution in [0.15, 0.2) is 52.5 Å². The third-order valence-electron chi connectivity index (χ3n) is 5.96. The molecule has 1 aromatic heterocycles. The van der Waals surface area contributed by atoms with E-state index in [0.29, 0.717) is 30.3 Å². The molecule has 1 amide bonds. The summed E-state index contributed by atoms with van der Waals surface area (Å²) in [6.07, 6.45) is 3.72. The van der Waals surface area contributed by atoms with Crippen LogP contribution in [-0.4, -0.2) is 47.0 Å². The maximum atomic E-state index is 13.1. The number of sulfonamides is 1. The number of amides is 1. The third-order valence-corrected chi connectivity index (χ3v) is 8.83. The molecule has 0 saturated carbocycles. The van der Waals surface area contributed by atoms with Crippen molar-refractivity contribution < 1.29 is 13.2 Å². The summed E-state index contributed by atoms with van der Waals surface area (Å²) in [6, 6.07) is 12.9. The van der Waals surface area contributed by atoms with Crippen LogP contribution in [0.5, 0.6) is 0 Å². The number of carbonyl (C=O) groups is 1. The second-order valence-electron chi connectivity index (χ2n) is 8.10. The Morgan fingerprint density at radius 1 is 1.09 bits per heavy atom. The van der Waals surface area contributed by atoms with Crippen LogP contribution in [0.3, 0.4) is 0 Å². The number of rotatable bonds is 8. The van der Waals surface area contributed by atoms with Crippen molar-refractivity contribution in [1.29, 1.82) is 0 Å². The Morgan fingerprint density at radius 2 is 1.85 bits per heavy atom. The van der Waals surface area contributed by atoms with Crippen LogP contribution in [-0.2, 0) is 27.8 Å². The first-order chi connectivity index (χ1) is 15.9. The summed E-state index contributed by atoms with van der Waals surface area (Å²) in [5, 5.41) is 3.69. The Labute approximate surface area is 199 Å². The average molecular weight is 487 g/mol. The van der Waals surface area contributed by atoms with Crippen molar-refractivity contribution in [3.63, 3.8) is 0 Å². The van der Waals surface area contributed by atoms with Crippen LogP contribution in [0.2, 0.25) is 0 Å². The van der Waals surface area contributed by atoms with Crippen molar-refractivity contribution in [3.05, 3.63) is 48.0 Å². The summed E-state index contributed by atoms with van der Waals surface area (Å²) in [7, 11) is -3.52. The number of hydrogen-bond acceptors (Lipinski definition) is 5. The number of aryl methyl sites for hydroxylation is 2. The van der Waals surface area contributed by atoms with Crippen molar-refractivity contribution in [2.75, 3.05) is 24.2 Å². The van der Waals surface area contributed by atoms with Gasteiger partial charge in [0.1, 0.15) is 0 Å². The predicted molar refractivity (Wildman–Crippen MR) is 133 cm³/mol. The molecule has 0 spiro atoms. The lowest BCUT2D eigenvalue weighted by Crippen LogP contribution is -2.35. The van der Waals surface area contributed by atoms with E-state index < -0.39 is 10.0 Å². The highest BCUT2D eigenvalue weighted by molar-refractivity contribution is 7.99. The summed E-state index contributed by atoms with van der Waals surface area (Å²) >= 11 is 1.36. The number of imidazole rings is 1. The lowest BCUT2D eigenvalue weighted by atomic mass is 10.1. The molecule has 0 radical (unpaired) electrons. The fraction of sp³-hybridized carbons (Fsp3) is 0.417. The second-order valence-corrected chi connectivity index (χ2v) is 11.0. The predicted octanol–water partition coefficient (Wildman–Crippen LogP) is 4.52. The van der Waals surface area contributed by atoms with E-state index in [-0.39, 0.29) is 16.6 Å². The summed E-state index contributed by atoms with van der Waals surface area (Å²) < 4.78 is 29.7. The van der Waals surface area contributed by atoms with Gasteiger partial charge in [0.05, 0.1) is 21.7 Å². The van der Waals surface area contributed by atoms with Crippen molar-refractivity contribution in [1.82, 2.24) is 13.9 Å². The zero-order valence-electron chi connectivity index (χ0n) is 19.1. The van der Waals surface area contributed by atoms with Gasteiger partial charge in [-0.25, -0.2) is 13.4 Å². The third kappa shape index (κ3) is 5.10. The number of piperidine rings is 1. The van der Waals surface area contributed by atoms with E-state index >= 15 is 0 Å². The number of para-hydroxylation sites is 1. The first-order valence-electron chi connectivity index (χ1n) is 11.4. The van der Waals surface area contributed by atoms with Gasteiger partial charge in [-0.2, -0.15) is 4.31 Å². The van der Waals surface area contributed by atoms with Crippen molar-refractivity contribution in [2.24, 2.45) is 0 Å². The molecule has 1 fully saturated rings. The molecule has 1 saturated heterocycles. The minimum atomic E-state index is -3.52. The number of hydrogen-bond donors (Lipinski definition) is 1. The highest BCUT2D eigenvalue weighted by Crippen LogP contribution is 2.28. The van der Waals surface area contributed by atoms with Crippen LogP contribution in [0.1, 0.15) is 38.7 Å². The Hall–Kier alpha value is -2.36. The number of nitrogens with zero attached hydrogens (tertiary/aromatic N) is 3. The Kier molecular flexibility index (Phi) is 7.41.